The summed E-state index contributed by atoms with van der Waals surface area (Å²) in [5.74, 6) is 0.287. The van der Waals surface area contributed by atoms with Gasteiger partial charge in [0, 0.05) is 50.9 Å². The lowest BCUT2D eigenvalue weighted by atomic mass is 10.0. The Morgan fingerprint density at radius 1 is 1.30 bits per heavy atom. The Balaban J connectivity index is 1.96. The van der Waals surface area contributed by atoms with Gasteiger partial charge in [-0.3, -0.25) is 14.4 Å². The van der Waals surface area contributed by atoms with Crippen LogP contribution in [0.4, 0.5) is 5.69 Å². The lowest BCUT2D eigenvalue weighted by Gasteiger charge is -2.35. The number of sulfonamides is 1. The highest BCUT2D eigenvalue weighted by Crippen LogP contribution is 2.27. The molecule has 0 fully saturated rings. The van der Waals surface area contributed by atoms with Crippen molar-refractivity contribution in [2.45, 2.75) is 32.5 Å². The number of carbonyl (C=O) groups is 1. The molecule has 2 aromatic rings. The van der Waals surface area contributed by atoms with Gasteiger partial charge in [0.15, 0.2) is 0 Å². The fourth-order valence-electron chi connectivity index (χ4n) is 3.85. The third kappa shape index (κ3) is 6.89. The summed E-state index contributed by atoms with van der Waals surface area (Å²) in [6.07, 6.45) is 2.73. The first kappa shape index (κ1) is 25.4. The number of carbonyl (C=O) groups excluding carboxylic acids is 1. The zero-order chi connectivity index (χ0) is 24.2. The number of likely N-dealkylation sites (N-methyl/N-ethyl adjacent to an activating group) is 1. The monoisotopic (exact) mass is 496 g/mol. The largest absolute Gasteiger partial charge is 0.491 e. The first-order chi connectivity index (χ1) is 15.6. The van der Waals surface area contributed by atoms with Crippen molar-refractivity contribution in [1.29, 1.82) is 0 Å². The Hall–Kier alpha value is -2.21. The summed E-state index contributed by atoms with van der Waals surface area (Å²) in [6, 6.07) is 4.73. The van der Waals surface area contributed by atoms with E-state index < -0.39 is 10.0 Å². The number of rotatable bonds is 5. The van der Waals surface area contributed by atoms with Crippen LogP contribution >= 0.6 is 11.3 Å². The van der Waals surface area contributed by atoms with E-state index in [1.165, 1.54) is 0 Å². The second-order valence-corrected chi connectivity index (χ2v) is 11.3. The van der Waals surface area contributed by atoms with Gasteiger partial charge in [0.25, 0.3) is 5.91 Å². The molecule has 0 unspecified atom stereocenters. The second-order valence-electron chi connectivity index (χ2n) is 8.54. The highest BCUT2D eigenvalue weighted by atomic mass is 32.2. The van der Waals surface area contributed by atoms with Gasteiger partial charge in [-0.15, -0.1) is 11.3 Å². The molecule has 0 radical (unpaired) electrons. The molecule has 1 N–H and O–H groups in total. The minimum atomic E-state index is -3.46. The van der Waals surface area contributed by atoms with E-state index in [-0.39, 0.29) is 24.0 Å². The van der Waals surface area contributed by atoms with Crippen molar-refractivity contribution in [1.82, 2.24) is 14.8 Å². The van der Waals surface area contributed by atoms with Crippen molar-refractivity contribution in [2.75, 3.05) is 44.8 Å². The van der Waals surface area contributed by atoms with Crippen LogP contribution in [0.25, 0.3) is 0 Å². The number of methoxy groups -OCH3 is 1. The summed E-state index contributed by atoms with van der Waals surface area (Å²) in [4.78, 5) is 21.6. The Morgan fingerprint density at radius 3 is 2.70 bits per heavy atom. The highest BCUT2D eigenvalue weighted by Gasteiger charge is 2.28. The van der Waals surface area contributed by atoms with Crippen LogP contribution in [-0.2, 0) is 21.3 Å². The Labute approximate surface area is 199 Å². The third-order valence-corrected chi connectivity index (χ3v) is 7.07. The predicted octanol–water partition coefficient (Wildman–Crippen LogP) is 2.52. The van der Waals surface area contributed by atoms with Gasteiger partial charge in [0.1, 0.15) is 17.4 Å². The Kier molecular flexibility index (Phi) is 8.33. The zero-order valence-electron chi connectivity index (χ0n) is 19.6. The standard InChI is InChI=1S/C22H32N4O5S2/c1-15-11-26(13-21-23-8-9-32-21)16(2)14-31-19-10-17(24-33(5,28)29)6-7-18(19)22(27)25(3)12-20(15)30-4/h6-10,15-16,20,24H,11-14H2,1-5H3/t15-,16-,20+/m1/s1. The number of hydrogen-bond donors (Lipinski definition) is 1. The molecule has 3 atom stereocenters. The summed E-state index contributed by atoms with van der Waals surface area (Å²) >= 11 is 1.61. The van der Waals surface area contributed by atoms with Crippen molar-refractivity contribution >= 4 is 33.0 Å². The number of thiazole rings is 1. The molecule has 1 aromatic carbocycles. The molecule has 11 heteroatoms. The number of hydrogen-bond acceptors (Lipinski definition) is 8. The average molecular weight is 497 g/mol. The lowest BCUT2D eigenvalue weighted by Crippen LogP contribution is -2.46. The topological polar surface area (TPSA) is 101 Å². The van der Waals surface area contributed by atoms with Crippen molar-refractivity contribution in [3.63, 3.8) is 0 Å². The molecule has 0 spiro atoms. The van der Waals surface area contributed by atoms with E-state index in [4.69, 9.17) is 9.47 Å². The summed E-state index contributed by atoms with van der Waals surface area (Å²) in [7, 11) is -0.0667. The van der Waals surface area contributed by atoms with Gasteiger partial charge in [-0.2, -0.15) is 0 Å². The molecule has 182 valence electrons. The van der Waals surface area contributed by atoms with Crippen molar-refractivity contribution in [2.24, 2.45) is 5.92 Å². The van der Waals surface area contributed by atoms with Gasteiger partial charge < -0.3 is 14.4 Å². The number of anilines is 1. The fourth-order valence-corrected chi connectivity index (χ4v) is 5.05. The van der Waals surface area contributed by atoms with E-state index in [0.717, 1.165) is 17.8 Å². The van der Waals surface area contributed by atoms with Crippen LogP contribution in [0, 0.1) is 5.92 Å². The van der Waals surface area contributed by atoms with Gasteiger partial charge in [0.2, 0.25) is 10.0 Å². The quantitative estimate of drug-likeness (QED) is 0.679. The summed E-state index contributed by atoms with van der Waals surface area (Å²) in [5, 5.41) is 2.98. The molecule has 1 amide bonds. The molecule has 2 heterocycles. The van der Waals surface area contributed by atoms with Crippen LogP contribution in [0.2, 0.25) is 0 Å². The van der Waals surface area contributed by atoms with Crippen LogP contribution < -0.4 is 9.46 Å². The molecule has 9 nitrogen and oxygen atoms in total. The normalized spacial score (nSPS) is 23.2. The molecule has 3 rings (SSSR count). The molecular weight excluding hydrogens is 464 g/mol. The van der Waals surface area contributed by atoms with Gasteiger partial charge >= 0.3 is 0 Å². The van der Waals surface area contributed by atoms with E-state index in [1.807, 2.05) is 5.38 Å². The number of amides is 1. The second kappa shape index (κ2) is 10.8. The third-order valence-electron chi connectivity index (χ3n) is 5.70. The van der Waals surface area contributed by atoms with Gasteiger partial charge in [-0.05, 0) is 25.0 Å². The first-order valence-electron chi connectivity index (χ1n) is 10.7. The molecule has 0 saturated heterocycles. The summed E-state index contributed by atoms with van der Waals surface area (Å²) in [6.45, 7) is 6.35. The maximum Gasteiger partial charge on any atom is 0.257 e. The number of aromatic nitrogens is 1. The Bertz CT molecular complexity index is 1050. The number of fused-ring (bicyclic) bond motifs is 1. The van der Waals surface area contributed by atoms with E-state index in [1.54, 1.807) is 54.8 Å². The van der Waals surface area contributed by atoms with Gasteiger partial charge in [-0.25, -0.2) is 13.4 Å². The zero-order valence-corrected chi connectivity index (χ0v) is 21.3. The molecule has 33 heavy (non-hydrogen) atoms. The highest BCUT2D eigenvalue weighted by molar-refractivity contribution is 7.92. The minimum Gasteiger partial charge on any atom is -0.491 e. The number of benzene rings is 1. The number of nitrogens with zero attached hydrogens (tertiary/aromatic N) is 3. The molecule has 1 aliphatic heterocycles. The molecule has 0 aliphatic carbocycles. The van der Waals surface area contributed by atoms with Crippen LogP contribution in [0.3, 0.4) is 0 Å². The Morgan fingerprint density at radius 2 is 2.06 bits per heavy atom. The predicted molar refractivity (Wildman–Crippen MR) is 129 cm³/mol. The lowest BCUT2D eigenvalue weighted by molar-refractivity contribution is 0.00921. The van der Waals surface area contributed by atoms with E-state index in [0.29, 0.717) is 36.7 Å². The molecule has 0 saturated carbocycles. The summed E-state index contributed by atoms with van der Waals surface area (Å²) < 4.78 is 37.7. The minimum absolute atomic E-state index is 0.0143. The van der Waals surface area contributed by atoms with Gasteiger partial charge in [0.05, 0.1) is 30.2 Å². The van der Waals surface area contributed by atoms with Crippen LogP contribution in [0.15, 0.2) is 29.8 Å². The molecule has 1 aromatic heterocycles. The number of nitrogens with one attached hydrogen (secondary N) is 1. The van der Waals surface area contributed by atoms with Crippen molar-refractivity contribution < 1.29 is 22.7 Å². The smallest absolute Gasteiger partial charge is 0.257 e. The molecule has 0 bridgehead atoms. The van der Waals surface area contributed by atoms with E-state index >= 15 is 0 Å². The van der Waals surface area contributed by atoms with E-state index in [9.17, 15) is 13.2 Å². The maximum atomic E-state index is 13.2. The van der Waals surface area contributed by atoms with Crippen molar-refractivity contribution in [3.05, 3.63) is 40.3 Å². The first-order valence-corrected chi connectivity index (χ1v) is 13.5. The van der Waals surface area contributed by atoms with Crippen LogP contribution in [-0.4, -0.2) is 81.4 Å². The van der Waals surface area contributed by atoms with Crippen LogP contribution in [0.1, 0.15) is 29.2 Å². The van der Waals surface area contributed by atoms with E-state index in [2.05, 4.69) is 28.5 Å². The maximum absolute atomic E-state index is 13.2. The van der Waals surface area contributed by atoms with Crippen LogP contribution in [0.5, 0.6) is 5.75 Å². The van der Waals surface area contributed by atoms with Crippen molar-refractivity contribution in [3.8, 4) is 5.75 Å². The average Bonchev–Trinajstić information content (AvgIpc) is 3.26. The molecular formula is C22H32N4O5S2. The molecule has 1 aliphatic rings. The SMILES string of the molecule is CO[C@H]1CN(C)C(=O)c2ccc(NS(C)(=O)=O)cc2OC[C@@H](C)N(Cc2nccs2)C[C@H]1C. The van der Waals surface area contributed by atoms with Gasteiger partial charge in [-0.1, -0.05) is 6.92 Å². The fraction of sp³-hybridized carbons (Fsp3) is 0.545. The summed E-state index contributed by atoms with van der Waals surface area (Å²) in [5.41, 5.74) is 0.716. The number of ether oxygens (including phenoxy) is 2.